The van der Waals surface area contributed by atoms with Crippen molar-refractivity contribution < 1.29 is 19.1 Å². The summed E-state index contributed by atoms with van der Waals surface area (Å²) in [5.41, 5.74) is 1.03. The molecule has 6 nitrogen and oxygen atoms in total. The molecule has 0 atom stereocenters. The summed E-state index contributed by atoms with van der Waals surface area (Å²) in [6, 6.07) is 0. The summed E-state index contributed by atoms with van der Waals surface area (Å²) in [6.07, 6.45) is 1.42. The lowest BCUT2D eigenvalue weighted by Gasteiger charge is -2.19. The van der Waals surface area contributed by atoms with E-state index in [1.807, 2.05) is 0 Å². The molecule has 0 unspecified atom stereocenters. The minimum atomic E-state index is -0.652. The number of hydrogen-bond acceptors (Lipinski definition) is 5. The number of ether oxygens (including phenoxy) is 2. The molecule has 116 valence electrons. The molecule has 0 bridgehead atoms. The topological polar surface area (TPSA) is 70.4 Å². The second kappa shape index (κ2) is 5.50. The van der Waals surface area contributed by atoms with E-state index in [0.717, 1.165) is 23.2 Å². The van der Waals surface area contributed by atoms with Gasteiger partial charge in [-0.05, 0) is 47.5 Å². The van der Waals surface area contributed by atoms with E-state index in [4.69, 9.17) is 9.47 Å². The van der Waals surface area contributed by atoms with Crippen molar-refractivity contribution in [3.05, 3.63) is 17.0 Å². The zero-order valence-corrected chi connectivity index (χ0v) is 13.2. The summed E-state index contributed by atoms with van der Waals surface area (Å²) in [5, 5.41) is 4.30. The number of carbonyl (C=O) groups excluding carboxylic acids is 2. The molecule has 1 aliphatic rings. The van der Waals surface area contributed by atoms with Gasteiger partial charge in [0, 0.05) is 11.5 Å². The van der Waals surface area contributed by atoms with Crippen LogP contribution in [0, 0.1) is 6.92 Å². The summed E-state index contributed by atoms with van der Waals surface area (Å²) in [5.74, 6) is -0.206. The van der Waals surface area contributed by atoms with Crippen LogP contribution in [0.1, 0.15) is 68.2 Å². The molecule has 0 aromatic carbocycles. The van der Waals surface area contributed by atoms with E-state index in [9.17, 15) is 9.59 Å². The van der Waals surface area contributed by atoms with Gasteiger partial charge in [0.15, 0.2) is 5.69 Å². The van der Waals surface area contributed by atoms with Crippen molar-refractivity contribution >= 4 is 12.1 Å². The maximum atomic E-state index is 12.3. The normalized spacial score (nSPS) is 14.9. The molecule has 0 saturated heterocycles. The molecule has 1 fully saturated rings. The average Bonchev–Trinajstić information content (AvgIpc) is 3.11. The number of carbonyl (C=O) groups is 2. The fourth-order valence-electron chi connectivity index (χ4n) is 2.13. The molecule has 1 aliphatic carbocycles. The predicted octanol–water partition coefficient (Wildman–Crippen LogP) is 3.03. The molecule has 0 amide bonds. The van der Waals surface area contributed by atoms with Crippen LogP contribution in [0.3, 0.4) is 0 Å². The predicted molar refractivity (Wildman–Crippen MR) is 76.5 cm³/mol. The van der Waals surface area contributed by atoms with Crippen LogP contribution in [0.15, 0.2) is 0 Å². The number of esters is 1. The molecule has 1 saturated carbocycles. The van der Waals surface area contributed by atoms with Crippen molar-refractivity contribution in [3.8, 4) is 0 Å². The second-order valence-corrected chi connectivity index (χ2v) is 6.25. The highest BCUT2D eigenvalue weighted by Crippen LogP contribution is 2.41. The Morgan fingerprint density at radius 3 is 2.43 bits per heavy atom. The summed E-state index contributed by atoms with van der Waals surface area (Å²) in [4.78, 5) is 24.4. The van der Waals surface area contributed by atoms with Gasteiger partial charge in [0.05, 0.1) is 12.3 Å². The van der Waals surface area contributed by atoms with Crippen molar-refractivity contribution in [2.45, 2.75) is 59.0 Å². The highest BCUT2D eigenvalue weighted by Gasteiger charge is 2.35. The van der Waals surface area contributed by atoms with Gasteiger partial charge in [-0.25, -0.2) is 9.59 Å². The Morgan fingerprint density at radius 1 is 1.33 bits per heavy atom. The molecule has 0 aliphatic heterocycles. The lowest BCUT2D eigenvalue weighted by molar-refractivity contribution is 0.0432. The standard InChI is InChI=1S/C15H22N2O4/c1-6-20-13(18)12-9(2)11(10-7-8-10)16-17(12)14(19)21-15(3,4)5/h10H,6-8H2,1-5H3. The Labute approximate surface area is 124 Å². The van der Waals surface area contributed by atoms with E-state index in [1.165, 1.54) is 0 Å². The number of rotatable bonds is 3. The van der Waals surface area contributed by atoms with Crippen molar-refractivity contribution in [2.75, 3.05) is 6.61 Å². The lowest BCUT2D eigenvalue weighted by Crippen LogP contribution is -2.30. The molecule has 21 heavy (non-hydrogen) atoms. The molecule has 1 heterocycles. The van der Waals surface area contributed by atoms with Crippen molar-refractivity contribution in [1.29, 1.82) is 0 Å². The fraction of sp³-hybridized carbons (Fsp3) is 0.667. The van der Waals surface area contributed by atoms with Crippen LogP contribution in [-0.2, 0) is 9.47 Å². The molecule has 1 aromatic rings. The molecule has 2 rings (SSSR count). The Hall–Kier alpha value is -1.85. The van der Waals surface area contributed by atoms with Gasteiger partial charge in [0.2, 0.25) is 0 Å². The van der Waals surface area contributed by atoms with Crippen molar-refractivity contribution in [3.63, 3.8) is 0 Å². The third-order valence-corrected chi connectivity index (χ3v) is 3.16. The van der Waals surface area contributed by atoms with E-state index in [1.54, 1.807) is 34.6 Å². The van der Waals surface area contributed by atoms with Crippen LogP contribution in [0.2, 0.25) is 0 Å². The number of hydrogen-bond donors (Lipinski definition) is 0. The highest BCUT2D eigenvalue weighted by molar-refractivity contribution is 5.93. The molecule has 1 aromatic heterocycles. The van der Waals surface area contributed by atoms with Crippen LogP contribution in [0.4, 0.5) is 4.79 Å². The Kier molecular flexibility index (Phi) is 4.07. The van der Waals surface area contributed by atoms with Gasteiger partial charge in [-0.1, -0.05) is 0 Å². The summed E-state index contributed by atoms with van der Waals surface area (Å²) in [7, 11) is 0. The fourth-order valence-corrected chi connectivity index (χ4v) is 2.13. The lowest BCUT2D eigenvalue weighted by atomic mass is 10.1. The first-order chi connectivity index (χ1) is 9.74. The van der Waals surface area contributed by atoms with Crippen LogP contribution >= 0.6 is 0 Å². The minimum Gasteiger partial charge on any atom is -0.461 e. The first-order valence-corrected chi connectivity index (χ1v) is 7.24. The van der Waals surface area contributed by atoms with E-state index in [-0.39, 0.29) is 12.3 Å². The molecular formula is C15H22N2O4. The van der Waals surface area contributed by atoms with E-state index >= 15 is 0 Å². The smallest absolute Gasteiger partial charge is 0.436 e. The molecule has 0 spiro atoms. The van der Waals surface area contributed by atoms with Gasteiger partial charge in [-0.15, -0.1) is 0 Å². The molecule has 0 N–H and O–H groups in total. The van der Waals surface area contributed by atoms with Gasteiger partial charge in [0.25, 0.3) is 0 Å². The summed E-state index contributed by atoms with van der Waals surface area (Å²) >= 11 is 0. The number of nitrogens with zero attached hydrogens (tertiary/aromatic N) is 2. The Morgan fingerprint density at radius 2 is 1.95 bits per heavy atom. The second-order valence-electron chi connectivity index (χ2n) is 6.25. The van der Waals surface area contributed by atoms with Crippen LogP contribution in [-0.4, -0.2) is 34.1 Å². The molecule has 0 radical (unpaired) electrons. The maximum Gasteiger partial charge on any atom is 0.436 e. The monoisotopic (exact) mass is 294 g/mol. The zero-order chi connectivity index (χ0) is 15.8. The third kappa shape index (κ3) is 3.43. The van der Waals surface area contributed by atoms with Crippen molar-refractivity contribution in [2.24, 2.45) is 0 Å². The molecular weight excluding hydrogens is 272 g/mol. The van der Waals surface area contributed by atoms with Gasteiger partial charge < -0.3 is 9.47 Å². The van der Waals surface area contributed by atoms with Gasteiger partial charge >= 0.3 is 12.1 Å². The third-order valence-electron chi connectivity index (χ3n) is 3.16. The highest BCUT2D eigenvalue weighted by atomic mass is 16.6. The summed E-state index contributed by atoms with van der Waals surface area (Å²) in [6.45, 7) is 9.08. The summed E-state index contributed by atoms with van der Waals surface area (Å²) < 4.78 is 11.4. The largest absolute Gasteiger partial charge is 0.461 e. The van der Waals surface area contributed by atoms with Crippen LogP contribution in [0.25, 0.3) is 0 Å². The van der Waals surface area contributed by atoms with E-state index in [2.05, 4.69) is 5.10 Å². The van der Waals surface area contributed by atoms with Crippen LogP contribution < -0.4 is 0 Å². The van der Waals surface area contributed by atoms with Crippen molar-refractivity contribution in [1.82, 2.24) is 9.78 Å². The van der Waals surface area contributed by atoms with Gasteiger partial charge in [0.1, 0.15) is 5.60 Å². The van der Waals surface area contributed by atoms with Crippen LogP contribution in [0.5, 0.6) is 0 Å². The van der Waals surface area contributed by atoms with Gasteiger partial charge in [-0.3, -0.25) is 0 Å². The number of aromatic nitrogens is 2. The average molecular weight is 294 g/mol. The maximum absolute atomic E-state index is 12.3. The quantitative estimate of drug-likeness (QED) is 0.801. The van der Waals surface area contributed by atoms with E-state index < -0.39 is 17.7 Å². The first-order valence-electron chi connectivity index (χ1n) is 7.24. The Bertz CT molecular complexity index is 565. The van der Waals surface area contributed by atoms with E-state index in [0.29, 0.717) is 11.5 Å². The zero-order valence-electron chi connectivity index (χ0n) is 13.2. The SMILES string of the molecule is CCOC(=O)c1c(C)c(C2CC2)nn1C(=O)OC(C)(C)C. The molecule has 6 heteroatoms. The first kappa shape index (κ1) is 15.5. The minimum absolute atomic E-state index is 0.174. The Balaban J connectivity index is 2.40. The van der Waals surface area contributed by atoms with Gasteiger partial charge in [-0.2, -0.15) is 9.78 Å².